The van der Waals surface area contributed by atoms with Gasteiger partial charge < -0.3 is 5.32 Å². The Balaban J connectivity index is 2.01. The van der Waals surface area contributed by atoms with Crippen LogP contribution in [0, 0.1) is 0 Å². The first-order valence-corrected chi connectivity index (χ1v) is 7.76. The molecule has 1 fully saturated rings. The molecular formula is C14H24N2S. The molecule has 1 unspecified atom stereocenters. The second-order valence-corrected chi connectivity index (χ2v) is 6.25. The number of hydrogen-bond donors (Lipinski definition) is 1. The second kappa shape index (κ2) is 6.50. The Hall–Kier alpha value is -0.410. The van der Waals surface area contributed by atoms with Gasteiger partial charge in [0.2, 0.25) is 0 Å². The molecule has 0 spiro atoms. The number of nitrogens with zero attached hydrogens (tertiary/aromatic N) is 1. The van der Waals surface area contributed by atoms with E-state index in [1.807, 2.05) is 18.4 Å². The lowest BCUT2D eigenvalue weighted by Gasteiger charge is -2.17. The summed E-state index contributed by atoms with van der Waals surface area (Å²) in [6, 6.07) is 0.440. The maximum atomic E-state index is 4.66. The van der Waals surface area contributed by atoms with E-state index in [0.717, 1.165) is 5.92 Å². The molecule has 3 heteroatoms. The Morgan fingerprint density at radius 2 is 1.88 bits per heavy atom. The fraction of sp³-hybridized carbons (Fsp3) is 0.786. The number of rotatable bonds is 3. The third kappa shape index (κ3) is 3.52. The summed E-state index contributed by atoms with van der Waals surface area (Å²) in [5, 5.41) is 4.67. The van der Waals surface area contributed by atoms with Crippen LogP contribution in [0.5, 0.6) is 0 Å². The highest BCUT2D eigenvalue weighted by molar-refractivity contribution is 7.11. The first kappa shape index (κ1) is 13.0. The minimum absolute atomic E-state index is 0.440. The molecule has 1 atom stereocenters. The van der Waals surface area contributed by atoms with Crippen LogP contribution in [-0.4, -0.2) is 12.0 Å². The van der Waals surface area contributed by atoms with Crippen LogP contribution in [0.3, 0.4) is 0 Å². The molecule has 1 aliphatic rings. The van der Waals surface area contributed by atoms with Gasteiger partial charge >= 0.3 is 0 Å². The van der Waals surface area contributed by atoms with Gasteiger partial charge in [0.25, 0.3) is 0 Å². The van der Waals surface area contributed by atoms with Crippen molar-refractivity contribution in [2.24, 2.45) is 0 Å². The van der Waals surface area contributed by atoms with Crippen LogP contribution in [0.2, 0.25) is 0 Å². The summed E-state index contributed by atoms with van der Waals surface area (Å²) in [6.45, 7) is 2.20. The van der Waals surface area contributed by atoms with Crippen LogP contribution in [-0.2, 0) is 0 Å². The fourth-order valence-electron chi connectivity index (χ4n) is 2.53. The Labute approximate surface area is 109 Å². The monoisotopic (exact) mass is 252 g/mol. The molecule has 0 bridgehead atoms. The van der Waals surface area contributed by atoms with E-state index in [2.05, 4.69) is 23.4 Å². The summed E-state index contributed by atoms with van der Waals surface area (Å²) in [5.41, 5.74) is 0. The minimum atomic E-state index is 0.440. The van der Waals surface area contributed by atoms with Crippen molar-refractivity contribution >= 4 is 11.3 Å². The molecule has 0 saturated heterocycles. The number of aromatic nitrogens is 1. The van der Waals surface area contributed by atoms with Gasteiger partial charge in [-0.3, -0.25) is 0 Å². The van der Waals surface area contributed by atoms with Gasteiger partial charge in [-0.2, -0.15) is 0 Å². The van der Waals surface area contributed by atoms with E-state index in [0.29, 0.717) is 6.04 Å². The van der Waals surface area contributed by atoms with E-state index < -0.39 is 0 Å². The summed E-state index contributed by atoms with van der Waals surface area (Å²) >= 11 is 1.91. The molecule has 0 amide bonds. The molecule has 1 heterocycles. The molecule has 1 N–H and O–H groups in total. The molecule has 1 saturated carbocycles. The van der Waals surface area contributed by atoms with Crippen molar-refractivity contribution in [3.05, 3.63) is 16.1 Å². The average Bonchev–Trinajstić information content (AvgIpc) is 2.77. The first-order chi connectivity index (χ1) is 8.31. The SMILES string of the molecule is CNC(C)c1cnc(C2CCCCCCC2)s1. The normalized spacial score (nSPS) is 20.8. The Bertz CT molecular complexity index is 327. The Kier molecular flexibility index (Phi) is 4.99. The molecule has 2 nitrogen and oxygen atoms in total. The van der Waals surface area contributed by atoms with Crippen molar-refractivity contribution in [1.82, 2.24) is 10.3 Å². The number of thiazole rings is 1. The Morgan fingerprint density at radius 1 is 1.24 bits per heavy atom. The van der Waals surface area contributed by atoms with Crippen molar-refractivity contribution < 1.29 is 0 Å². The average molecular weight is 252 g/mol. The molecule has 0 aromatic carbocycles. The first-order valence-electron chi connectivity index (χ1n) is 6.94. The van der Waals surface area contributed by atoms with E-state index in [-0.39, 0.29) is 0 Å². The number of nitrogens with one attached hydrogen (secondary N) is 1. The van der Waals surface area contributed by atoms with Crippen molar-refractivity contribution in [2.75, 3.05) is 7.05 Å². The third-order valence-electron chi connectivity index (χ3n) is 3.86. The maximum Gasteiger partial charge on any atom is 0.0959 e. The summed E-state index contributed by atoms with van der Waals surface area (Å²) in [4.78, 5) is 6.04. The lowest BCUT2D eigenvalue weighted by atomic mass is 9.92. The van der Waals surface area contributed by atoms with Crippen LogP contribution in [0.15, 0.2) is 6.20 Å². The van der Waals surface area contributed by atoms with Gasteiger partial charge in [0.1, 0.15) is 0 Å². The van der Waals surface area contributed by atoms with Gasteiger partial charge in [-0.05, 0) is 26.8 Å². The van der Waals surface area contributed by atoms with E-state index in [4.69, 9.17) is 0 Å². The fourth-order valence-corrected chi connectivity index (χ4v) is 3.68. The molecular weight excluding hydrogens is 228 g/mol. The highest BCUT2D eigenvalue weighted by Crippen LogP contribution is 2.34. The van der Waals surface area contributed by atoms with Gasteiger partial charge in [-0.25, -0.2) is 4.98 Å². The lowest BCUT2D eigenvalue weighted by Crippen LogP contribution is -2.10. The van der Waals surface area contributed by atoms with E-state index in [9.17, 15) is 0 Å². The van der Waals surface area contributed by atoms with Gasteiger partial charge in [0.05, 0.1) is 5.01 Å². The molecule has 1 aromatic heterocycles. The second-order valence-electron chi connectivity index (χ2n) is 5.15. The van der Waals surface area contributed by atoms with Crippen molar-refractivity contribution in [2.45, 2.75) is 63.8 Å². The highest BCUT2D eigenvalue weighted by Gasteiger charge is 2.18. The molecule has 0 aliphatic heterocycles. The van der Waals surface area contributed by atoms with Crippen LogP contribution in [0.4, 0.5) is 0 Å². The van der Waals surface area contributed by atoms with Gasteiger partial charge in [-0.1, -0.05) is 32.1 Å². The zero-order chi connectivity index (χ0) is 12.1. The van der Waals surface area contributed by atoms with Crippen LogP contribution in [0.25, 0.3) is 0 Å². The predicted octanol–water partition coefficient (Wildman–Crippen LogP) is 4.25. The quantitative estimate of drug-likeness (QED) is 0.870. The Morgan fingerprint density at radius 3 is 2.53 bits per heavy atom. The van der Waals surface area contributed by atoms with E-state index >= 15 is 0 Å². The topological polar surface area (TPSA) is 24.9 Å². The lowest BCUT2D eigenvalue weighted by molar-refractivity contribution is 0.454. The predicted molar refractivity (Wildman–Crippen MR) is 74.6 cm³/mol. The van der Waals surface area contributed by atoms with Crippen molar-refractivity contribution in [3.63, 3.8) is 0 Å². The molecule has 0 radical (unpaired) electrons. The van der Waals surface area contributed by atoms with Crippen LogP contribution >= 0.6 is 11.3 Å². The zero-order valence-electron chi connectivity index (χ0n) is 11.0. The van der Waals surface area contributed by atoms with E-state index in [1.54, 1.807) is 0 Å². The third-order valence-corrected chi connectivity index (χ3v) is 5.20. The molecule has 1 aromatic rings. The minimum Gasteiger partial charge on any atom is -0.312 e. The molecule has 17 heavy (non-hydrogen) atoms. The smallest absolute Gasteiger partial charge is 0.0959 e. The highest BCUT2D eigenvalue weighted by atomic mass is 32.1. The van der Waals surface area contributed by atoms with Crippen molar-refractivity contribution in [3.8, 4) is 0 Å². The largest absolute Gasteiger partial charge is 0.312 e. The maximum absolute atomic E-state index is 4.66. The van der Waals surface area contributed by atoms with E-state index in [1.165, 1.54) is 54.8 Å². The molecule has 96 valence electrons. The van der Waals surface area contributed by atoms with Crippen LogP contribution < -0.4 is 5.32 Å². The summed E-state index contributed by atoms with van der Waals surface area (Å²) in [7, 11) is 2.01. The molecule has 1 aliphatic carbocycles. The van der Waals surface area contributed by atoms with Gasteiger partial charge in [-0.15, -0.1) is 11.3 Å². The summed E-state index contributed by atoms with van der Waals surface area (Å²) in [5.74, 6) is 0.734. The summed E-state index contributed by atoms with van der Waals surface area (Å²) < 4.78 is 0. The summed E-state index contributed by atoms with van der Waals surface area (Å²) in [6.07, 6.45) is 11.8. The van der Waals surface area contributed by atoms with Gasteiger partial charge in [0.15, 0.2) is 0 Å². The van der Waals surface area contributed by atoms with Crippen LogP contribution in [0.1, 0.15) is 73.7 Å². The standard InChI is InChI=1S/C14H24N2S/c1-11(15-2)13-10-16-14(17-13)12-8-6-4-3-5-7-9-12/h10-12,15H,3-9H2,1-2H3. The van der Waals surface area contributed by atoms with Gasteiger partial charge in [0, 0.05) is 23.0 Å². The van der Waals surface area contributed by atoms with Crippen molar-refractivity contribution in [1.29, 1.82) is 0 Å². The number of hydrogen-bond acceptors (Lipinski definition) is 3. The molecule has 2 rings (SSSR count). The zero-order valence-corrected chi connectivity index (χ0v) is 11.9.